The molecule has 6 nitrogen and oxygen atoms in total. The maximum absolute atomic E-state index is 13.3. The summed E-state index contributed by atoms with van der Waals surface area (Å²) in [5, 5.41) is 22.9. The number of ketones is 1. The Kier molecular flexibility index (Phi) is 7.75. The van der Waals surface area contributed by atoms with Gasteiger partial charge in [-0.2, -0.15) is 0 Å². The summed E-state index contributed by atoms with van der Waals surface area (Å²) in [4.78, 5) is 30.9. The summed E-state index contributed by atoms with van der Waals surface area (Å²) >= 11 is 1.63. The lowest BCUT2D eigenvalue weighted by molar-refractivity contribution is -0.155. The number of fused-ring (bicyclic) bond motifs is 2. The number of carbonyl (C=O) groups excluding carboxylic acids is 2. The topological polar surface area (TPSA) is 96.7 Å². The van der Waals surface area contributed by atoms with Crippen LogP contribution in [0.1, 0.15) is 77.0 Å². The summed E-state index contributed by atoms with van der Waals surface area (Å²) in [5.74, 6) is -0.562. The van der Waals surface area contributed by atoms with E-state index in [-0.39, 0.29) is 18.1 Å². The number of ether oxygens (including phenoxy) is 1. The Bertz CT molecular complexity index is 1170. The third kappa shape index (κ3) is 5.58. The summed E-state index contributed by atoms with van der Waals surface area (Å²) in [6, 6.07) is 5.97. The number of Topliss-reactive ketones (excluding diaryl/α,β-unsaturated/α-hetero) is 1. The van der Waals surface area contributed by atoms with Crippen molar-refractivity contribution >= 4 is 33.3 Å². The van der Waals surface area contributed by atoms with E-state index in [9.17, 15) is 19.8 Å². The number of benzene rings is 1. The zero-order valence-corrected chi connectivity index (χ0v) is 23.0. The molecule has 1 aliphatic carbocycles. The zero-order valence-electron chi connectivity index (χ0n) is 22.2. The first-order valence-corrected chi connectivity index (χ1v) is 13.8. The van der Waals surface area contributed by atoms with Crippen LogP contribution in [0.5, 0.6) is 0 Å². The summed E-state index contributed by atoms with van der Waals surface area (Å²) in [7, 11) is 0. The Labute approximate surface area is 217 Å². The molecule has 0 bridgehead atoms. The van der Waals surface area contributed by atoms with E-state index >= 15 is 0 Å². The van der Waals surface area contributed by atoms with Gasteiger partial charge in [-0.25, -0.2) is 4.98 Å². The fraction of sp³-hybridized carbons (Fsp3) is 0.621. The Morgan fingerprint density at radius 3 is 2.56 bits per heavy atom. The van der Waals surface area contributed by atoms with Crippen LogP contribution in [0.3, 0.4) is 0 Å². The number of allylic oxidation sites excluding steroid dienone is 1. The SMILES string of the molecule is C/C1=C/C[C@H](c2ccc3sc(C)nc3c2)OC(=O)C[C@@H](O)C(C)(C)C(=O)[C@H](C)[C@@H](O)[C@H](C)C2CC2C1. The summed E-state index contributed by atoms with van der Waals surface area (Å²) < 4.78 is 7.00. The fourth-order valence-electron chi connectivity index (χ4n) is 5.70. The van der Waals surface area contributed by atoms with Crippen LogP contribution < -0.4 is 0 Å². The van der Waals surface area contributed by atoms with Crippen molar-refractivity contribution in [3.8, 4) is 0 Å². The number of thiazole rings is 1. The summed E-state index contributed by atoms with van der Waals surface area (Å²) in [6.07, 6.45) is 1.84. The number of hydrogen-bond acceptors (Lipinski definition) is 7. The van der Waals surface area contributed by atoms with Crippen molar-refractivity contribution in [2.45, 2.75) is 85.5 Å². The number of hydrogen-bond donors (Lipinski definition) is 2. The van der Waals surface area contributed by atoms with Crippen LogP contribution in [0.15, 0.2) is 29.8 Å². The second-order valence-electron chi connectivity index (χ2n) is 11.5. The standard InChI is InChI=1S/C29H39NO5S/c1-15-7-9-23(19-8-10-24-22(13-19)30-18(4)36-24)35-26(32)14-25(31)29(5,6)28(34)17(3)27(33)16(2)21-12-20(21)11-15/h7-8,10,13,16-17,20-21,23,25,27,31,33H,9,11-12,14H2,1-6H3/b15-7-/t16-,17-,20?,21?,23-,25-,27+/m1/s1. The van der Waals surface area contributed by atoms with Crippen LogP contribution >= 0.6 is 11.3 Å². The first-order chi connectivity index (χ1) is 16.9. The highest BCUT2D eigenvalue weighted by Gasteiger charge is 2.47. The van der Waals surface area contributed by atoms with Gasteiger partial charge in [-0.1, -0.05) is 45.4 Å². The Balaban J connectivity index is 1.64. The van der Waals surface area contributed by atoms with Crippen molar-refractivity contribution in [1.29, 1.82) is 0 Å². The fourth-order valence-corrected chi connectivity index (χ4v) is 6.51. The van der Waals surface area contributed by atoms with E-state index in [0.29, 0.717) is 18.3 Å². The molecular formula is C29H39NO5S. The summed E-state index contributed by atoms with van der Waals surface area (Å²) in [5.41, 5.74) is 1.79. The molecule has 1 aromatic carbocycles. The monoisotopic (exact) mass is 513 g/mol. The number of nitrogens with zero attached hydrogens (tertiary/aromatic N) is 1. The van der Waals surface area contributed by atoms with Crippen LogP contribution in [0.2, 0.25) is 0 Å². The van der Waals surface area contributed by atoms with Crippen molar-refractivity contribution in [3.05, 3.63) is 40.4 Å². The number of cyclic esters (lactones) is 1. The third-order valence-electron chi connectivity index (χ3n) is 8.37. The van der Waals surface area contributed by atoms with E-state index in [4.69, 9.17) is 4.74 Å². The number of aryl methyl sites for hydroxylation is 1. The van der Waals surface area contributed by atoms with E-state index in [1.165, 1.54) is 5.57 Å². The first-order valence-electron chi connectivity index (χ1n) is 13.0. The van der Waals surface area contributed by atoms with Gasteiger partial charge in [0.2, 0.25) is 0 Å². The first kappa shape index (κ1) is 27.0. The highest BCUT2D eigenvalue weighted by atomic mass is 32.1. The lowest BCUT2D eigenvalue weighted by Gasteiger charge is -2.34. The van der Waals surface area contributed by atoms with Gasteiger partial charge >= 0.3 is 5.97 Å². The van der Waals surface area contributed by atoms with Gasteiger partial charge in [0.05, 0.1) is 39.3 Å². The predicted octanol–water partition coefficient (Wildman–Crippen LogP) is 5.54. The second-order valence-corrected chi connectivity index (χ2v) is 12.8. The van der Waals surface area contributed by atoms with Gasteiger partial charge < -0.3 is 14.9 Å². The molecule has 1 fully saturated rings. The molecule has 0 spiro atoms. The maximum atomic E-state index is 13.3. The molecule has 0 saturated heterocycles. The minimum absolute atomic E-state index is 0.00592. The number of aromatic nitrogens is 1. The van der Waals surface area contributed by atoms with Crippen LogP contribution in [0.4, 0.5) is 0 Å². The van der Waals surface area contributed by atoms with E-state index in [1.54, 1.807) is 32.1 Å². The molecule has 7 heteroatoms. The molecule has 7 atom stereocenters. The molecule has 36 heavy (non-hydrogen) atoms. The largest absolute Gasteiger partial charge is 0.457 e. The number of carbonyl (C=O) groups is 2. The van der Waals surface area contributed by atoms with E-state index < -0.39 is 35.6 Å². The van der Waals surface area contributed by atoms with Gasteiger partial charge in [0.1, 0.15) is 11.9 Å². The molecule has 2 heterocycles. The molecule has 1 aliphatic heterocycles. The van der Waals surface area contributed by atoms with Gasteiger partial charge in [-0.15, -0.1) is 11.3 Å². The molecule has 196 valence electrons. The highest BCUT2D eigenvalue weighted by molar-refractivity contribution is 7.18. The van der Waals surface area contributed by atoms with Gasteiger partial charge in [-0.05, 0) is 62.1 Å². The van der Waals surface area contributed by atoms with E-state index in [2.05, 4.69) is 18.0 Å². The van der Waals surface area contributed by atoms with Crippen LogP contribution in [0.25, 0.3) is 10.2 Å². The zero-order chi connectivity index (χ0) is 26.4. The predicted molar refractivity (Wildman–Crippen MR) is 142 cm³/mol. The molecule has 1 saturated carbocycles. The van der Waals surface area contributed by atoms with Crippen molar-refractivity contribution in [3.63, 3.8) is 0 Å². The lowest BCUT2D eigenvalue weighted by atomic mass is 9.72. The molecule has 2 aromatic rings. The minimum Gasteiger partial charge on any atom is -0.457 e. The van der Waals surface area contributed by atoms with E-state index in [0.717, 1.165) is 33.6 Å². The van der Waals surface area contributed by atoms with Gasteiger partial charge in [0, 0.05) is 12.3 Å². The van der Waals surface area contributed by atoms with Crippen LogP contribution in [0, 0.1) is 36.0 Å². The number of esters is 1. The molecule has 2 N–H and O–H groups in total. The normalized spacial score (nSPS) is 35.6. The third-order valence-corrected chi connectivity index (χ3v) is 9.33. The van der Waals surface area contributed by atoms with Gasteiger partial charge in [0.15, 0.2) is 0 Å². The molecular weight excluding hydrogens is 474 g/mol. The quantitative estimate of drug-likeness (QED) is 0.384. The second kappa shape index (κ2) is 10.3. The maximum Gasteiger partial charge on any atom is 0.309 e. The van der Waals surface area contributed by atoms with Gasteiger partial charge in [0.25, 0.3) is 0 Å². The Morgan fingerprint density at radius 2 is 1.83 bits per heavy atom. The van der Waals surface area contributed by atoms with Gasteiger partial charge in [-0.3, -0.25) is 9.59 Å². The smallest absolute Gasteiger partial charge is 0.309 e. The molecule has 2 unspecified atom stereocenters. The average molecular weight is 514 g/mol. The minimum atomic E-state index is -1.22. The Hall–Kier alpha value is -2.09. The molecule has 0 amide bonds. The van der Waals surface area contributed by atoms with Crippen LogP contribution in [-0.4, -0.2) is 39.2 Å². The average Bonchev–Trinajstić information content (AvgIpc) is 3.48. The lowest BCUT2D eigenvalue weighted by Crippen LogP contribution is -2.45. The molecule has 1 aromatic heterocycles. The molecule has 0 radical (unpaired) electrons. The number of rotatable bonds is 1. The van der Waals surface area contributed by atoms with E-state index in [1.807, 2.05) is 32.0 Å². The van der Waals surface area contributed by atoms with Crippen molar-refractivity contribution in [1.82, 2.24) is 4.98 Å². The number of aliphatic hydroxyl groups is 2. The molecule has 4 rings (SSSR count). The van der Waals surface area contributed by atoms with Crippen molar-refractivity contribution in [2.24, 2.45) is 29.1 Å². The highest BCUT2D eigenvalue weighted by Crippen LogP contribution is 2.50. The Morgan fingerprint density at radius 1 is 1.11 bits per heavy atom. The van der Waals surface area contributed by atoms with Crippen molar-refractivity contribution < 1.29 is 24.5 Å². The molecule has 2 aliphatic rings. The summed E-state index contributed by atoms with van der Waals surface area (Å²) in [6.45, 7) is 11.1. The number of aliphatic hydroxyl groups excluding tert-OH is 2. The van der Waals surface area contributed by atoms with Crippen molar-refractivity contribution in [2.75, 3.05) is 0 Å². The van der Waals surface area contributed by atoms with Crippen LogP contribution in [-0.2, 0) is 14.3 Å².